The molecule has 0 spiro atoms. The van der Waals surface area contributed by atoms with Crippen molar-refractivity contribution >= 4 is 44.2 Å². The second-order valence-corrected chi connectivity index (χ2v) is 13.8. The molecule has 52 heavy (non-hydrogen) atoms. The Balaban J connectivity index is 1.14. The number of anilines is 3. The second kappa shape index (κ2) is 14.2. The van der Waals surface area contributed by atoms with Gasteiger partial charge in [0.15, 0.2) is 0 Å². The Morgan fingerprint density at radius 3 is 1.63 bits per heavy atom. The van der Waals surface area contributed by atoms with Crippen molar-refractivity contribution in [3.8, 4) is 11.1 Å². The number of hydrogen-bond acceptors (Lipinski definition) is 2. The Kier molecular flexibility index (Phi) is 8.72. The Bertz CT molecular complexity index is 2330. The van der Waals surface area contributed by atoms with Gasteiger partial charge in [0.2, 0.25) is 0 Å². The maximum atomic E-state index is 2.59. The minimum Gasteiger partial charge on any atom is -0.338 e. The van der Waals surface area contributed by atoms with Crippen LogP contribution < -0.4 is 4.90 Å². The van der Waals surface area contributed by atoms with E-state index in [1.54, 1.807) is 0 Å². The van der Waals surface area contributed by atoms with E-state index in [2.05, 4.69) is 198 Å². The molecule has 9 rings (SSSR count). The predicted octanol–water partition coefficient (Wildman–Crippen LogP) is 13.6. The van der Waals surface area contributed by atoms with Gasteiger partial charge in [-0.3, -0.25) is 0 Å². The summed E-state index contributed by atoms with van der Waals surface area (Å²) in [6.07, 6.45) is 26.2. The van der Waals surface area contributed by atoms with Crippen molar-refractivity contribution in [3.05, 3.63) is 205 Å². The summed E-state index contributed by atoms with van der Waals surface area (Å²) in [5.41, 5.74) is 11.4. The number of allylic oxidation sites excluding steroid dienone is 9. The first-order chi connectivity index (χ1) is 25.8. The molecule has 252 valence electrons. The van der Waals surface area contributed by atoms with Crippen LogP contribution in [0.1, 0.15) is 37.7 Å². The molecule has 0 bridgehead atoms. The maximum Gasteiger partial charge on any atom is 0.0556 e. The summed E-state index contributed by atoms with van der Waals surface area (Å²) >= 11 is 0. The normalized spacial score (nSPS) is 16.8. The van der Waals surface area contributed by atoms with Gasteiger partial charge >= 0.3 is 0 Å². The number of hydrogen-bond donors (Lipinski definition) is 0. The zero-order valence-electron chi connectivity index (χ0n) is 29.4. The highest BCUT2D eigenvalue weighted by molar-refractivity contribution is 6.19. The van der Waals surface area contributed by atoms with Crippen LogP contribution in [-0.2, 0) is 0 Å². The first-order valence-corrected chi connectivity index (χ1v) is 18.7. The van der Waals surface area contributed by atoms with Gasteiger partial charge in [-0.15, -0.1) is 0 Å². The minimum absolute atomic E-state index is 0.347. The maximum absolute atomic E-state index is 2.59. The molecular weight excluding hydrogens is 629 g/mol. The van der Waals surface area contributed by atoms with Crippen LogP contribution in [0.25, 0.3) is 38.2 Å². The van der Waals surface area contributed by atoms with Crippen LogP contribution in [0.5, 0.6) is 0 Å². The Labute approximate surface area is 307 Å². The average molecular weight is 671 g/mol. The molecule has 0 saturated heterocycles. The van der Waals surface area contributed by atoms with Crippen LogP contribution in [0.15, 0.2) is 200 Å². The number of rotatable bonds is 8. The SMILES string of the molecule is C1=CCC(N(C2=CCCC=C2)C2=CC=C(c3c4ccccc4c(-c4ccc(N(c5ccccc5)c5ccccc5)cc4)c4ccccc34)CC2)C=C1. The lowest BCUT2D eigenvalue weighted by molar-refractivity contribution is 0.356. The first-order valence-electron chi connectivity index (χ1n) is 18.7. The quantitative estimate of drug-likeness (QED) is 0.149. The number of nitrogens with zero attached hydrogens (tertiary/aromatic N) is 2. The molecule has 0 aromatic heterocycles. The van der Waals surface area contributed by atoms with Crippen molar-refractivity contribution in [1.82, 2.24) is 4.90 Å². The number of fused-ring (bicyclic) bond motifs is 2. The first kappa shape index (κ1) is 31.8. The summed E-state index contributed by atoms with van der Waals surface area (Å²) in [6, 6.07) is 48.8. The second-order valence-electron chi connectivity index (χ2n) is 13.8. The smallest absolute Gasteiger partial charge is 0.0556 e. The highest BCUT2D eigenvalue weighted by atomic mass is 15.2. The van der Waals surface area contributed by atoms with Crippen LogP contribution in [-0.4, -0.2) is 10.9 Å². The van der Waals surface area contributed by atoms with Gasteiger partial charge < -0.3 is 9.80 Å². The molecule has 0 heterocycles. The minimum atomic E-state index is 0.347. The lowest BCUT2D eigenvalue weighted by Crippen LogP contribution is -2.33. The standard InChI is InChI=1S/C50H42N2/c1-5-17-39(18-6-1)51(40-19-7-2-8-20-40)43-33-29-37(30-34-43)49-45-25-13-15-27-47(45)50(48-28-16-14-26-46(48)49)38-31-35-44(36-32-38)52(41-21-9-3-10-22-41)42-23-11-4-12-24-42/h1-3,5-11,13-21,23-31,33-35,41H,4,12,22,32,36H2. The highest BCUT2D eigenvalue weighted by Gasteiger charge is 2.25. The summed E-state index contributed by atoms with van der Waals surface area (Å²) < 4.78 is 0. The van der Waals surface area contributed by atoms with E-state index in [1.165, 1.54) is 55.2 Å². The van der Waals surface area contributed by atoms with Gasteiger partial charge in [-0.05, 0) is 124 Å². The van der Waals surface area contributed by atoms with Gasteiger partial charge in [-0.25, -0.2) is 0 Å². The van der Waals surface area contributed by atoms with E-state index in [-0.39, 0.29) is 0 Å². The fourth-order valence-electron chi connectivity index (χ4n) is 8.31. The molecule has 0 N–H and O–H groups in total. The van der Waals surface area contributed by atoms with Crippen LogP contribution in [0.4, 0.5) is 17.1 Å². The molecule has 0 saturated carbocycles. The summed E-state index contributed by atoms with van der Waals surface area (Å²) in [7, 11) is 0. The molecular formula is C50H42N2. The van der Waals surface area contributed by atoms with Gasteiger partial charge in [0, 0.05) is 28.5 Å². The molecule has 0 aliphatic heterocycles. The number of para-hydroxylation sites is 2. The van der Waals surface area contributed by atoms with Crippen molar-refractivity contribution in [2.24, 2.45) is 0 Å². The molecule has 6 aromatic rings. The Morgan fingerprint density at radius 2 is 1.10 bits per heavy atom. The van der Waals surface area contributed by atoms with Gasteiger partial charge in [0.25, 0.3) is 0 Å². The van der Waals surface area contributed by atoms with Gasteiger partial charge in [0.1, 0.15) is 0 Å². The number of benzene rings is 6. The van der Waals surface area contributed by atoms with Gasteiger partial charge in [-0.2, -0.15) is 0 Å². The Morgan fingerprint density at radius 1 is 0.500 bits per heavy atom. The molecule has 3 aliphatic carbocycles. The van der Waals surface area contributed by atoms with Gasteiger partial charge in [-0.1, -0.05) is 140 Å². The molecule has 0 fully saturated rings. The van der Waals surface area contributed by atoms with E-state index in [4.69, 9.17) is 0 Å². The van der Waals surface area contributed by atoms with Crippen molar-refractivity contribution in [2.45, 2.75) is 38.1 Å². The summed E-state index contributed by atoms with van der Waals surface area (Å²) in [5, 5.41) is 5.21. The molecule has 1 unspecified atom stereocenters. The fourth-order valence-corrected chi connectivity index (χ4v) is 8.31. The molecule has 0 amide bonds. The van der Waals surface area contributed by atoms with Crippen molar-refractivity contribution in [3.63, 3.8) is 0 Å². The third-order valence-corrected chi connectivity index (χ3v) is 10.7. The molecule has 2 nitrogen and oxygen atoms in total. The lowest BCUT2D eigenvalue weighted by Gasteiger charge is -2.37. The van der Waals surface area contributed by atoms with Crippen LogP contribution >= 0.6 is 0 Å². The third kappa shape index (κ3) is 6.01. The van der Waals surface area contributed by atoms with E-state index < -0.39 is 0 Å². The van der Waals surface area contributed by atoms with Crippen molar-refractivity contribution in [2.75, 3.05) is 4.90 Å². The predicted molar refractivity (Wildman–Crippen MR) is 222 cm³/mol. The molecule has 2 heteroatoms. The van der Waals surface area contributed by atoms with Crippen LogP contribution in [0.3, 0.4) is 0 Å². The largest absolute Gasteiger partial charge is 0.338 e. The summed E-state index contributed by atoms with van der Waals surface area (Å²) in [4.78, 5) is 4.91. The van der Waals surface area contributed by atoms with Crippen molar-refractivity contribution < 1.29 is 0 Å². The monoisotopic (exact) mass is 670 g/mol. The highest BCUT2D eigenvalue weighted by Crippen LogP contribution is 2.45. The molecule has 0 radical (unpaired) electrons. The van der Waals surface area contributed by atoms with E-state index in [0.717, 1.165) is 49.2 Å². The van der Waals surface area contributed by atoms with E-state index >= 15 is 0 Å². The van der Waals surface area contributed by atoms with Gasteiger partial charge in [0.05, 0.1) is 6.04 Å². The van der Waals surface area contributed by atoms with Crippen molar-refractivity contribution in [1.29, 1.82) is 0 Å². The van der Waals surface area contributed by atoms with E-state index in [9.17, 15) is 0 Å². The van der Waals surface area contributed by atoms with E-state index in [0.29, 0.717) is 6.04 Å². The third-order valence-electron chi connectivity index (χ3n) is 10.7. The molecule has 6 aromatic carbocycles. The Hall–Kier alpha value is -6.12. The summed E-state index contributed by atoms with van der Waals surface area (Å²) in [6.45, 7) is 0. The zero-order valence-corrected chi connectivity index (χ0v) is 29.4. The van der Waals surface area contributed by atoms with Crippen LogP contribution in [0.2, 0.25) is 0 Å². The molecule has 3 aliphatic rings. The topological polar surface area (TPSA) is 6.48 Å². The summed E-state index contributed by atoms with van der Waals surface area (Å²) in [5.74, 6) is 0. The average Bonchev–Trinajstić information content (AvgIpc) is 3.22. The van der Waals surface area contributed by atoms with Crippen LogP contribution in [0, 0.1) is 0 Å². The lowest BCUT2D eigenvalue weighted by atomic mass is 9.83. The fraction of sp³-hybridized carbons (Fsp3) is 0.120. The molecule has 1 atom stereocenters. The van der Waals surface area contributed by atoms with E-state index in [1.807, 2.05) is 0 Å². The zero-order chi connectivity index (χ0) is 34.7.